The summed E-state index contributed by atoms with van der Waals surface area (Å²) in [5, 5.41) is 7.33. The molecule has 6 heteroatoms. The monoisotopic (exact) mass is 277 g/mol. The van der Waals surface area contributed by atoms with Crippen molar-refractivity contribution in [1.82, 2.24) is 15.2 Å². The molecule has 2 rings (SSSR count). The molecule has 0 atom stereocenters. The zero-order valence-corrected chi connectivity index (χ0v) is 11.7. The summed E-state index contributed by atoms with van der Waals surface area (Å²) in [4.78, 5) is 15.9. The predicted molar refractivity (Wildman–Crippen MR) is 73.1 cm³/mol. The van der Waals surface area contributed by atoms with Crippen molar-refractivity contribution in [1.29, 1.82) is 0 Å². The van der Waals surface area contributed by atoms with Gasteiger partial charge in [-0.2, -0.15) is 5.10 Å². The summed E-state index contributed by atoms with van der Waals surface area (Å²) < 4.78 is 4.83. The van der Waals surface area contributed by atoms with E-state index >= 15 is 0 Å². The summed E-state index contributed by atoms with van der Waals surface area (Å²) in [5.41, 5.74) is 2.77. The third kappa shape index (κ3) is 3.14. The third-order valence-electron chi connectivity index (χ3n) is 2.81. The first-order valence-electron chi connectivity index (χ1n) is 5.93. The molecule has 0 amide bonds. The number of ether oxygens (including phenoxy) is 1. The van der Waals surface area contributed by atoms with Crippen LogP contribution < -0.4 is 0 Å². The molecule has 1 aromatic heterocycles. The molecule has 0 aliphatic carbocycles. The van der Waals surface area contributed by atoms with E-state index in [0.717, 1.165) is 22.7 Å². The maximum atomic E-state index is 11.8. The SMILES string of the molecule is CCc1cccc(C(=O)OC)c1CSc1ncn[nH]1. The number of carbonyl (C=O) groups excluding carboxylic acids is 1. The predicted octanol–water partition coefficient (Wildman–Crippen LogP) is 2.45. The number of hydrogen-bond acceptors (Lipinski definition) is 5. The summed E-state index contributed by atoms with van der Waals surface area (Å²) in [6.45, 7) is 2.07. The van der Waals surface area contributed by atoms with Crippen LogP contribution in [0.3, 0.4) is 0 Å². The van der Waals surface area contributed by atoms with Gasteiger partial charge >= 0.3 is 5.97 Å². The zero-order valence-electron chi connectivity index (χ0n) is 10.8. The van der Waals surface area contributed by atoms with Gasteiger partial charge in [-0.3, -0.25) is 5.10 Å². The van der Waals surface area contributed by atoms with E-state index in [1.165, 1.54) is 25.2 Å². The number of aromatic amines is 1. The lowest BCUT2D eigenvalue weighted by Crippen LogP contribution is -2.07. The molecule has 0 radical (unpaired) electrons. The maximum Gasteiger partial charge on any atom is 0.338 e. The Bertz CT molecular complexity index is 555. The van der Waals surface area contributed by atoms with Crippen molar-refractivity contribution in [3.05, 3.63) is 41.2 Å². The van der Waals surface area contributed by atoms with E-state index in [2.05, 4.69) is 22.1 Å². The molecule has 0 bridgehead atoms. The number of thioether (sulfide) groups is 1. The Morgan fingerprint density at radius 1 is 1.47 bits per heavy atom. The van der Waals surface area contributed by atoms with Crippen LogP contribution in [0.2, 0.25) is 0 Å². The van der Waals surface area contributed by atoms with Crippen LogP contribution in [0.1, 0.15) is 28.4 Å². The summed E-state index contributed by atoms with van der Waals surface area (Å²) in [7, 11) is 1.40. The molecule has 19 heavy (non-hydrogen) atoms. The van der Waals surface area contributed by atoms with E-state index < -0.39 is 0 Å². The van der Waals surface area contributed by atoms with Crippen molar-refractivity contribution in [2.45, 2.75) is 24.3 Å². The van der Waals surface area contributed by atoms with Gasteiger partial charge in [-0.15, -0.1) is 0 Å². The van der Waals surface area contributed by atoms with Gasteiger partial charge in [0.2, 0.25) is 0 Å². The fraction of sp³-hybridized carbons (Fsp3) is 0.308. The number of benzene rings is 1. The van der Waals surface area contributed by atoms with Crippen molar-refractivity contribution in [3.8, 4) is 0 Å². The number of nitrogens with zero attached hydrogens (tertiary/aromatic N) is 2. The average Bonchev–Trinajstić information content (AvgIpc) is 2.97. The molecule has 0 spiro atoms. The molecule has 100 valence electrons. The molecule has 1 heterocycles. The lowest BCUT2D eigenvalue weighted by Gasteiger charge is -2.11. The molecule has 0 aliphatic rings. The summed E-state index contributed by atoms with van der Waals surface area (Å²) >= 11 is 1.51. The van der Waals surface area contributed by atoms with Crippen molar-refractivity contribution in [2.24, 2.45) is 0 Å². The quantitative estimate of drug-likeness (QED) is 0.671. The van der Waals surface area contributed by atoms with E-state index in [1.54, 1.807) is 6.07 Å². The highest BCUT2D eigenvalue weighted by Gasteiger charge is 2.15. The number of hydrogen-bond donors (Lipinski definition) is 1. The number of aryl methyl sites for hydroxylation is 1. The van der Waals surface area contributed by atoms with Gasteiger partial charge in [-0.05, 0) is 23.6 Å². The fourth-order valence-corrected chi connectivity index (χ4v) is 2.70. The molecular weight excluding hydrogens is 262 g/mol. The van der Waals surface area contributed by atoms with Crippen LogP contribution in [-0.2, 0) is 16.9 Å². The minimum Gasteiger partial charge on any atom is -0.465 e. The number of methoxy groups -OCH3 is 1. The van der Waals surface area contributed by atoms with Crippen LogP contribution in [0.25, 0.3) is 0 Å². The topological polar surface area (TPSA) is 67.9 Å². The summed E-state index contributed by atoms with van der Waals surface area (Å²) in [6.07, 6.45) is 2.34. The third-order valence-corrected chi connectivity index (χ3v) is 3.71. The van der Waals surface area contributed by atoms with Crippen molar-refractivity contribution >= 4 is 17.7 Å². The Morgan fingerprint density at radius 2 is 2.32 bits per heavy atom. The Balaban J connectivity index is 2.27. The molecule has 5 nitrogen and oxygen atoms in total. The summed E-state index contributed by atoms with van der Waals surface area (Å²) in [6, 6.07) is 5.71. The minimum absolute atomic E-state index is 0.302. The van der Waals surface area contributed by atoms with Gasteiger partial charge in [0.1, 0.15) is 6.33 Å². The lowest BCUT2D eigenvalue weighted by atomic mass is 10.0. The average molecular weight is 277 g/mol. The molecule has 0 saturated carbocycles. The van der Waals surface area contributed by atoms with E-state index in [0.29, 0.717) is 11.3 Å². The van der Waals surface area contributed by atoms with Gasteiger partial charge < -0.3 is 4.74 Å². The van der Waals surface area contributed by atoms with Crippen molar-refractivity contribution < 1.29 is 9.53 Å². The number of H-pyrrole nitrogens is 1. The molecular formula is C13H15N3O2S. The second-order valence-electron chi connectivity index (χ2n) is 3.87. The van der Waals surface area contributed by atoms with E-state index in [-0.39, 0.29) is 5.97 Å². The Hall–Kier alpha value is -1.82. The molecule has 0 fully saturated rings. The summed E-state index contributed by atoms with van der Waals surface area (Å²) in [5.74, 6) is 0.354. The van der Waals surface area contributed by atoms with E-state index in [4.69, 9.17) is 4.74 Å². The lowest BCUT2D eigenvalue weighted by molar-refractivity contribution is 0.0599. The standard InChI is InChI=1S/C13H15N3O2S/c1-3-9-5-4-6-10(12(17)18-2)11(9)7-19-13-14-8-15-16-13/h4-6,8H,3,7H2,1-2H3,(H,14,15,16). The van der Waals surface area contributed by atoms with Gasteiger partial charge in [0.25, 0.3) is 0 Å². The Kier molecular flexibility index (Phi) is 4.57. The zero-order chi connectivity index (χ0) is 13.7. The fourth-order valence-electron chi connectivity index (χ4n) is 1.84. The second-order valence-corrected chi connectivity index (χ2v) is 4.83. The Labute approximate surface area is 115 Å². The van der Waals surface area contributed by atoms with Crippen LogP contribution in [0.5, 0.6) is 0 Å². The number of rotatable bonds is 5. The highest BCUT2D eigenvalue weighted by atomic mass is 32.2. The Morgan fingerprint density at radius 3 is 2.95 bits per heavy atom. The molecule has 2 aromatic rings. The van der Waals surface area contributed by atoms with E-state index in [1.807, 2.05) is 12.1 Å². The van der Waals surface area contributed by atoms with Gasteiger partial charge in [0.05, 0.1) is 12.7 Å². The minimum atomic E-state index is -0.302. The van der Waals surface area contributed by atoms with Gasteiger partial charge in [0, 0.05) is 5.75 Å². The largest absolute Gasteiger partial charge is 0.465 e. The first-order chi connectivity index (χ1) is 9.26. The number of nitrogens with one attached hydrogen (secondary N) is 1. The highest BCUT2D eigenvalue weighted by molar-refractivity contribution is 7.98. The van der Waals surface area contributed by atoms with Gasteiger partial charge in [0.15, 0.2) is 5.16 Å². The van der Waals surface area contributed by atoms with Gasteiger partial charge in [-0.25, -0.2) is 9.78 Å². The molecule has 0 saturated heterocycles. The molecule has 1 N–H and O–H groups in total. The smallest absolute Gasteiger partial charge is 0.338 e. The normalized spacial score (nSPS) is 10.4. The van der Waals surface area contributed by atoms with Gasteiger partial charge in [-0.1, -0.05) is 30.8 Å². The van der Waals surface area contributed by atoms with Crippen molar-refractivity contribution in [2.75, 3.05) is 7.11 Å². The first-order valence-corrected chi connectivity index (χ1v) is 6.92. The number of carbonyl (C=O) groups is 1. The maximum absolute atomic E-state index is 11.8. The van der Waals surface area contributed by atoms with E-state index in [9.17, 15) is 4.79 Å². The van der Waals surface area contributed by atoms with Crippen molar-refractivity contribution in [3.63, 3.8) is 0 Å². The molecule has 0 aliphatic heterocycles. The van der Waals surface area contributed by atoms with Crippen LogP contribution in [0, 0.1) is 0 Å². The van der Waals surface area contributed by atoms with Crippen LogP contribution in [-0.4, -0.2) is 28.3 Å². The first kappa shape index (κ1) is 13.6. The molecule has 0 unspecified atom stereocenters. The van der Waals surface area contributed by atoms with Crippen LogP contribution in [0.15, 0.2) is 29.7 Å². The second kappa shape index (κ2) is 6.38. The number of esters is 1. The van der Waals surface area contributed by atoms with Crippen LogP contribution >= 0.6 is 11.8 Å². The highest BCUT2D eigenvalue weighted by Crippen LogP contribution is 2.25. The number of aromatic nitrogens is 3. The van der Waals surface area contributed by atoms with Crippen LogP contribution in [0.4, 0.5) is 0 Å². The molecule has 1 aromatic carbocycles.